The third-order valence-electron chi connectivity index (χ3n) is 3.15. The van der Waals surface area contributed by atoms with Gasteiger partial charge in [0.25, 0.3) is 0 Å². The van der Waals surface area contributed by atoms with Gasteiger partial charge in [0.2, 0.25) is 0 Å². The first-order chi connectivity index (χ1) is 12.5. The molecule has 2 N–H and O–H groups in total. The van der Waals surface area contributed by atoms with E-state index in [1.54, 1.807) is 0 Å². The molecule has 0 aliphatic rings. The number of methoxy groups -OCH3 is 1. The van der Waals surface area contributed by atoms with Gasteiger partial charge < -0.3 is 14.6 Å². The minimum atomic E-state index is -1.20. The number of aromatic nitrogens is 1. The third-order valence-corrected chi connectivity index (χ3v) is 3.92. The predicted octanol–water partition coefficient (Wildman–Crippen LogP) is 2.79. The monoisotopic (exact) mass is 376 g/mol. The maximum atomic E-state index is 11.8. The van der Waals surface area contributed by atoms with Crippen LogP contribution in [0.1, 0.15) is 17.2 Å². The van der Waals surface area contributed by atoms with Gasteiger partial charge in [0.15, 0.2) is 5.13 Å². The van der Waals surface area contributed by atoms with Gasteiger partial charge in [-0.1, -0.05) is 36.4 Å². The minimum Gasteiger partial charge on any atom is -0.478 e. The quantitative estimate of drug-likeness (QED) is 0.564. The maximum Gasteiger partial charge on any atom is 0.413 e. The number of ether oxygens (including phenoxy) is 2. The number of thiazole rings is 1. The first-order valence-electron chi connectivity index (χ1n) is 7.41. The molecule has 1 amide bonds. The Morgan fingerprint density at radius 3 is 2.69 bits per heavy atom. The summed E-state index contributed by atoms with van der Waals surface area (Å²) in [4.78, 5) is 38.4. The summed E-state index contributed by atoms with van der Waals surface area (Å²) < 4.78 is 9.73. The number of carbonyl (C=O) groups is 3. The average molecular weight is 376 g/mol. The molecule has 136 valence electrons. The van der Waals surface area contributed by atoms with Crippen molar-refractivity contribution in [2.45, 2.75) is 12.5 Å². The molecule has 26 heavy (non-hydrogen) atoms. The third kappa shape index (κ3) is 5.71. The molecule has 1 heterocycles. The fourth-order valence-corrected chi connectivity index (χ4v) is 2.67. The van der Waals surface area contributed by atoms with Crippen LogP contribution in [0.25, 0.3) is 0 Å². The Morgan fingerprint density at radius 2 is 2.04 bits per heavy atom. The van der Waals surface area contributed by atoms with E-state index in [4.69, 9.17) is 9.84 Å². The second kappa shape index (κ2) is 9.33. The lowest BCUT2D eigenvalue weighted by molar-refractivity contribution is -0.141. The van der Waals surface area contributed by atoms with Gasteiger partial charge in [-0.2, -0.15) is 0 Å². The second-order valence-corrected chi connectivity index (χ2v) is 5.82. The Morgan fingerprint density at radius 1 is 1.31 bits per heavy atom. The lowest BCUT2D eigenvalue weighted by atomic mass is 10.1. The number of hydrogen-bond donors (Lipinski definition) is 2. The number of hydrogen-bond acceptors (Lipinski definition) is 7. The van der Waals surface area contributed by atoms with Crippen LogP contribution in [0.4, 0.5) is 9.93 Å². The Balaban J connectivity index is 1.99. The number of amides is 1. The lowest BCUT2D eigenvalue weighted by Gasteiger charge is -2.07. The number of aliphatic carboxylic acids is 1. The molecule has 8 nitrogen and oxygen atoms in total. The molecule has 9 heteroatoms. The van der Waals surface area contributed by atoms with Crippen molar-refractivity contribution in [3.05, 3.63) is 59.1 Å². The largest absolute Gasteiger partial charge is 0.478 e. The minimum absolute atomic E-state index is 0.108. The van der Waals surface area contributed by atoms with Crippen molar-refractivity contribution in [2.75, 3.05) is 12.4 Å². The summed E-state index contributed by atoms with van der Waals surface area (Å²) in [7, 11) is 1.19. The van der Waals surface area contributed by atoms with Crippen LogP contribution in [0.5, 0.6) is 0 Å². The average Bonchev–Trinajstić information content (AvgIpc) is 3.08. The Hall–Kier alpha value is -3.20. The highest BCUT2D eigenvalue weighted by atomic mass is 32.1. The lowest BCUT2D eigenvalue weighted by Crippen LogP contribution is -2.15. The van der Waals surface area contributed by atoms with E-state index in [2.05, 4.69) is 15.0 Å². The van der Waals surface area contributed by atoms with Gasteiger partial charge in [0.05, 0.1) is 12.8 Å². The van der Waals surface area contributed by atoms with E-state index >= 15 is 0 Å². The van der Waals surface area contributed by atoms with E-state index in [0.29, 0.717) is 0 Å². The summed E-state index contributed by atoms with van der Waals surface area (Å²) in [6.45, 7) is 0.108. The van der Waals surface area contributed by atoms with E-state index in [1.165, 1.54) is 18.6 Å². The Kier molecular flexibility index (Phi) is 6.86. The SMILES string of the molecule is COC(=O)C(/C=C/C(=O)O)c1csc(NC(=O)OCc2ccccc2)n1. The normalized spacial score (nSPS) is 11.7. The molecule has 0 saturated heterocycles. The fourth-order valence-electron chi connectivity index (χ4n) is 1.94. The van der Waals surface area contributed by atoms with Crippen molar-refractivity contribution >= 4 is 34.5 Å². The molecular formula is C17H16N2O6S. The summed E-state index contributed by atoms with van der Waals surface area (Å²) >= 11 is 1.08. The highest BCUT2D eigenvalue weighted by Gasteiger charge is 2.22. The molecule has 0 aliphatic carbocycles. The van der Waals surface area contributed by atoms with Crippen LogP contribution < -0.4 is 5.32 Å². The van der Waals surface area contributed by atoms with E-state index in [0.717, 1.165) is 23.0 Å². The van der Waals surface area contributed by atoms with Gasteiger partial charge in [-0.05, 0) is 5.56 Å². The van der Waals surface area contributed by atoms with Crippen LogP contribution in [0, 0.1) is 0 Å². The highest BCUT2D eigenvalue weighted by molar-refractivity contribution is 7.13. The van der Waals surface area contributed by atoms with Gasteiger partial charge in [0, 0.05) is 11.5 Å². The number of nitrogens with zero attached hydrogens (tertiary/aromatic N) is 1. The van der Waals surface area contributed by atoms with Gasteiger partial charge in [-0.25, -0.2) is 14.6 Å². The Bertz CT molecular complexity index is 803. The predicted molar refractivity (Wildman–Crippen MR) is 93.9 cm³/mol. The van der Waals surface area contributed by atoms with E-state index in [1.807, 2.05) is 30.3 Å². The molecule has 0 fully saturated rings. The van der Waals surface area contributed by atoms with Crippen LogP contribution in [0.15, 0.2) is 47.9 Å². The van der Waals surface area contributed by atoms with Crippen LogP contribution in [0.3, 0.4) is 0 Å². The molecule has 1 aromatic heterocycles. The fraction of sp³-hybridized carbons (Fsp3) is 0.176. The molecule has 1 aromatic carbocycles. The zero-order valence-electron chi connectivity index (χ0n) is 13.7. The maximum absolute atomic E-state index is 11.8. The number of carbonyl (C=O) groups excluding carboxylic acids is 2. The van der Waals surface area contributed by atoms with Crippen LogP contribution in [0.2, 0.25) is 0 Å². The molecule has 2 aromatic rings. The molecule has 0 spiro atoms. The van der Waals surface area contributed by atoms with Gasteiger partial charge >= 0.3 is 18.0 Å². The standard InChI is InChI=1S/C17H16N2O6S/c1-24-15(22)12(7-8-14(20)21)13-10-26-16(18-13)19-17(23)25-9-11-5-3-2-4-6-11/h2-8,10,12H,9H2,1H3,(H,20,21)(H,18,19,23)/b8-7+. The van der Waals surface area contributed by atoms with Crippen molar-refractivity contribution in [3.63, 3.8) is 0 Å². The molecule has 0 radical (unpaired) electrons. The molecule has 1 unspecified atom stereocenters. The molecular weight excluding hydrogens is 360 g/mol. The van der Waals surface area contributed by atoms with Crippen LogP contribution >= 0.6 is 11.3 Å². The van der Waals surface area contributed by atoms with Crippen LogP contribution in [-0.2, 0) is 25.7 Å². The van der Waals surface area contributed by atoms with Crippen LogP contribution in [-0.4, -0.2) is 35.2 Å². The summed E-state index contributed by atoms with van der Waals surface area (Å²) in [5.41, 5.74) is 1.10. The van der Waals surface area contributed by atoms with Gasteiger partial charge in [-0.3, -0.25) is 10.1 Å². The number of benzene rings is 1. The molecule has 0 aliphatic heterocycles. The number of nitrogens with one attached hydrogen (secondary N) is 1. The van der Waals surface area contributed by atoms with E-state index < -0.39 is 23.9 Å². The van der Waals surface area contributed by atoms with Crippen molar-refractivity contribution in [3.8, 4) is 0 Å². The molecule has 2 rings (SSSR count). The van der Waals surface area contributed by atoms with Gasteiger partial charge in [0.1, 0.15) is 12.5 Å². The number of anilines is 1. The summed E-state index contributed by atoms with van der Waals surface area (Å²) in [5, 5.41) is 12.9. The summed E-state index contributed by atoms with van der Waals surface area (Å²) in [5.74, 6) is -2.84. The Labute approximate surface area is 153 Å². The molecule has 0 bridgehead atoms. The number of esters is 1. The van der Waals surface area contributed by atoms with E-state index in [-0.39, 0.29) is 17.4 Å². The zero-order valence-corrected chi connectivity index (χ0v) is 14.6. The number of rotatable bonds is 7. The second-order valence-electron chi connectivity index (χ2n) is 4.96. The van der Waals surface area contributed by atoms with Gasteiger partial charge in [-0.15, -0.1) is 11.3 Å². The smallest absolute Gasteiger partial charge is 0.413 e. The van der Waals surface area contributed by atoms with E-state index in [9.17, 15) is 14.4 Å². The summed E-state index contributed by atoms with van der Waals surface area (Å²) in [6.07, 6.45) is 1.31. The number of carboxylic acids is 1. The molecule has 1 atom stereocenters. The highest BCUT2D eigenvalue weighted by Crippen LogP contribution is 2.24. The van der Waals surface area contributed by atoms with Crippen molar-refractivity contribution < 1.29 is 29.0 Å². The zero-order chi connectivity index (χ0) is 18.9. The first-order valence-corrected chi connectivity index (χ1v) is 8.29. The van der Waals surface area contributed by atoms with Crippen molar-refractivity contribution in [1.29, 1.82) is 0 Å². The molecule has 0 saturated carbocycles. The summed E-state index contributed by atoms with van der Waals surface area (Å²) in [6, 6.07) is 9.18. The topological polar surface area (TPSA) is 115 Å². The van der Waals surface area contributed by atoms with Crippen molar-refractivity contribution in [2.24, 2.45) is 0 Å². The van der Waals surface area contributed by atoms with Crippen molar-refractivity contribution in [1.82, 2.24) is 4.98 Å². The number of carboxylic acid groups (broad SMARTS) is 1. The first kappa shape index (κ1) is 19.1.